The van der Waals surface area contributed by atoms with Gasteiger partial charge in [0.25, 0.3) is 5.91 Å². The standard InChI is InChI=1S/C29H28ClF3N4O3/c1-17-11-20(40-29(31,32)33)13-22(30)26(17)37-24-10-6-9-23(21(24)16-35-37)36-27(39)19-8-5-7-18(12-19)15-34-25(38)14-28(2,3)4/h5-13,16H,14-15H2,1-4H3,(H,34,38)(H,36,39). The first-order chi connectivity index (χ1) is 18.7. The Morgan fingerprint density at radius 2 is 1.77 bits per heavy atom. The van der Waals surface area contributed by atoms with Gasteiger partial charge >= 0.3 is 6.36 Å². The van der Waals surface area contributed by atoms with E-state index in [1.807, 2.05) is 26.8 Å². The second-order valence-electron chi connectivity index (χ2n) is 10.6. The van der Waals surface area contributed by atoms with E-state index >= 15 is 0 Å². The lowest BCUT2D eigenvalue weighted by molar-refractivity contribution is -0.274. The Balaban J connectivity index is 1.55. The minimum atomic E-state index is -4.84. The van der Waals surface area contributed by atoms with Gasteiger partial charge in [-0.25, -0.2) is 4.68 Å². The quantitative estimate of drug-likeness (QED) is 0.245. The first-order valence-electron chi connectivity index (χ1n) is 12.4. The topological polar surface area (TPSA) is 85.2 Å². The summed E-state index contributed by atoms with van der Waals surface area (Å²) >= 11 is 6.35. The number of amides is 2. The normalized spacial score (nSPS) is 11.9. The number of aromatic nitrogens is 2. The van der Waals surface area contributed by atoms with E-state index in [9.17, 15) is 22.8 Å². The third-order valence-corrected chi connectivity index (χ3v) is 6.19. The van der Waals surface area contributed by atoms with Crippen molar-refractivity contribution in [2.45, 2.75) is 47.0 Å². The lowest BCUT2D eigenvalue weighted by Gasteiger charge is -2.17. The van der Waals surface area contributed by atoms with Crippen LogP contribution in [0.25, 0.3) is 16.6 Å². The summed E-state index contributed by atoms with van der Waals surface area (Å²) in [5.74, 6) is -0.853. The van der Waals surface area contributed by atoms with Crippen LogP contribution in [0.4, 0.5) is 18.9 Å². The molecular weight excluding hydrogens is 545 g/mol. The Labute approximate surface area is 234 Å². The van der Waals surface area contributed by atoms with Crippen LogP contribution in [0.1, 0.15) is 48.7 Å². The largest absolute Gasteiger partial charge is 0.573 e. The maximum atomic E-state index is 13.1. The summed E-state index contributed by atoms with van der Waals surface area (Å²) < 4.78 is 43.5. The molecule has 1 aromatic heterocycles. The van der Waals surface area contributed by atoms with Crippen LogP contribution in [0, 0.1) is 12.3 Å². The van der Waals surface area contributed by atoms with Crippen LogP contribution in [0.5, 0.6) is 5.75 Å². The van der Waals surface area contributed by atoms with E-state index in [0.29, 0.717) is 46.4 Å². The average molecular weight is 573 g/mol. The first kappa shape index (κ1) is 28.9. The molecule has 0 radical (unpaired) electrons. The van der Waals surface area contributed by atoms with Crippen molar-refractivity contribution in [1.82, 2.24) is 15.1 Å². The number of rotatable bonds is 7. The molecule has 0 saturated carbocycles. The molecule has 0 bridgehead atoms. The Kier molecular flexibility index (Phi) is 8.11. The van der Waals surface area contributed by atoms with Crippen molar-refractivity contribution >= 4 is 40.0 Å². The molecule has 0 aliphatic heterocycles. The number of alkyl halides is 3. The van der Waals surface area contributed by atoms with Crippen molar-refractivity contribution in [3.63, 3.8) is 0 Å². The predicted octanol–water partition coefficient (Wildman–Crippen LogP) is 7.19. The Morgan fingerprint density at radius 1 is 1.05 bits per heavy atom. The molecule has 3 aromatic carbocycles. The predicted molar refractivity (Wildman–Crippen MR) is 148 cm³/mol. The number of aryl methyl sites for hydroxylation is 1. The van der Waals surface area contributed by atoms with E-state index in [-0.39, 0.29) is 22.3 Å². The van der Waals surface area contributed by atoms with E-state index in [1.165, 1.54) is 10.7 Å². The maximum absolute atomic E-state index is 13.1. The van der Waals surface area contributed by atoms with Crippen molar-refractivity contribution in [3.05, 3.63) is 82.5 Å². The fourth-order valence-corrected chi connectivity index (χ4v) is 4.60. The molecule has 0 spiro atoms. The molecule has 0 unspecified atom stereocenters. The van der Waals surface area contributed by atoms with Gasteiger partial charge in [-0.1, -0.05) is 50.6 Å². The molecule has 11 heteroatoms. The lowest BCUT2D eigenvalue weighted by atomic mass is 9.92. The van der Waals surface area contributed by atoms with Gasteiger partial charge in [0.05, 0.1) is 28.1 Å². The number of carbonyl (C=O) groups excluding carboxylic acids is 2. The molecule has 0 aliphatic rings. The highest BCUT2D eigenvalue weighted by Gasteiger charge is 2.31. The molecule has 40 heavy (non-hydrogen) atoms. The van der Waals surface area contributed by atoms with Crippen LogP contribution >= 0.6 is 11.6 Å². The molecule has 4 rings (SSSR count). The molecule has 0 fully saturated rings. The van der Waals surface area contributed by atoms with Crippen molar-refractivity contribution < 1.29 is 27.5 Å². The highest BCUT2D eigenvalue weighted by molar-refractivity contribution is 6.32. The molecule has 1 heterocycles. The van der Waals surface area contributed by atoms with Crippen molar-refractivity contribution in [2.24, 2.45) is 5.41 Å². The summed E-state index contributed by atoms with van der Waals surface area (Å²) in [4.78, 5) is 25.3. The van der Waals surface area contributed by atoms with E-state index in [0.717, 1.165) is 11.6 Å². The van der Waals surface area contributed by atoms with E-state index in [1.54, 1.807) is 49.5 Å². The maximum Gasteiger partial charge on any atom is 0.573 e. The SMILES string of the molecule is Cc1cc(OC(F)(F)F)cc(Cl)c1-n1ncc2c(NC(=O)c3cccc(CNC(=O)CC(C)(C)C)c3)cccc21. The summed E-state index contributed by atoms with van der Waals surface area (Å²) in [7, 11) is 0. The van der Waals surface area contributed by atoms with E-state index in [2.05, 4.69) is 20.5 Å². The van der Waals surface area contributed by atoms with Gasteiger partial charge < -0.3 is 15.4 Å². The zero-order chi connectivity index (χ0) is 29.2. The molecular formula is C29H28ClF3N4O3. The monoisotopic (exact) mass is 572 g/mol. The minimum Gasteiger partial charge on any atom is -0.406 e. The molecule has 4 aromatic rings. The van der Waals surface area contributed by atoms with Gasteiger partial charge in [0.2, 0.25) is 5.91 Å². The van der Waals surface area contributed by atoms with Crippen LogP contribution in [0.3, 0.4) is 0 Å². The highest BCUT2D eigenvalue weighted by atomic mass is 35.5. The zero-order valence-corrected chi connectivity index (χ0v) is 23.1. The van der Waals surface area contributed by atoms with Crippen LogP contribution in [0.2, 0.25) is 5.02 Å². The smallest absolute Gasteiger partial charge is 0.406 e. The average Bonchev–Trinajstić information content (AvgIpc) is 3.25. The minimum absolute atomic E-state index is 0.0186. The van der Waals surface area contributed by atoms with E-state index in [4.69, 9.17) is 11.6 Å². The summed E-state index contributed by atoms with van der Waals surface area (Å²) in [6, 6.07) is 14.5. The summed E-state index contributed by atoms with van der Waals surface area (Å²) in [5.41, 5.74) is 2.94. The Hall–Kier alpha value is -4.05. The molecule has 0 atom stereocenters. The number of hydrogen-bond donors (Lipinski definition) is 2. The fourth-order valence-electron chi connectivity index (χ4n) is 4.27. The lowest BCUT2D eigenvalue weighted by Crippen LogP contribution is -2.27. The summed E-state index contributed by atoms with van der Waals surface area (Å²) in [5, 5.41) is 10.8. The Bertz CT molecular complexity index is 1550. The zero-order valence-electron chi connectivity index (χ0n) is 22.3. The third kappa shape index (κ3) is 7.12. The number of carbonyl (C=O) groups is 2. The number of fused-ring (bicyclic) bond motifs is 1. The molecule has 7 nitrogen and oxygen atoms in total. The molecule has 210 valence electrons. The number of nitrogens with one attached hydrogen (secondary N) is 2. The number of anilines is 1. The number of hydrogen-bond acceptors (Lipinski definition) is 4. The highest BCUT2D eigenvalue weighted by Crippen LogP contribution is 2.35. The van der Waals surface area contributed by atoms with Gasteiger partial charge in [-0.3, -0.25) is 9.59 Å². The second kappa shape index (κ2) is 11.2. The van der Waals surface area contributed by atoms with Crippen molar-refractivity contribution in [2.75, 3.05) is 5.32 Å². The van der Waals surface area contributed by atoms with Gasteiger partial charge in [-0.2, -0.15) is 5.10 Å². The van der Waals surface area contributed by atoms with Gasteiger partial charge in [0.15, 0.2) is 0 Å². The van der Waals surface area contributed by atoms with Crippen LogP contribution in [-0.2, 0) is 11.3 Å². The Morgan fingerprint density at radius 3 is 2.45 bits per heavy atom. The molecule has 0 aliphatic carbocycles. The summed E-state index contributed by atoms with van der Waals surface area (Å²) in [6.07, 6.45) is -2.91. The van der Waals surface area contributed by atoms with Gasteiger partial charge in [0, 0.05) is 30.0 Å². The molecule has 2 N–H and O–H groups in total. The number of ether oxygens (including phenoxy) is 1. The van der Waals surface area contributed by atoms with Crippen LogP contribution < -0.4 is 15.4 Å². The number of benzene rings is 3. The first-order valence-corrected chi connectivity index (χ1v) is 12.8. The summed E-state index contributed by atoms with van der Waals surface area (Å²) in [6.45, 7) is 7.86. The molecule has 2 amide bonds. The van der Waals surface area contributed by atoms with Crippen LogP contribution in [0.15, 0.2) is 60.8 Å². The van der Waals surface area contributed by atoms with Gasteiger partial charge in [-0.05, 0) is 53.8 Å². The molecule has 0 saturated heterocycles. The van der Waals surface area contributed by atoms with E-state index < -0.39 is 12.1 Å². The van der Waals surface area contributed by atoms with Crippen molar-refractivity contribution in [1.29, 1.82) is 0 Å². The number of nitrogens with zero attached hydrogens (tertiary/aromatic N) is 2. The van der Waals surface area contributed by atoms with Crippen LogP contribution in [-0.4, -0.2) is 28.0 Å². The van der Waals surface area contributed by atoms with Crippen molar-refractivity contribution in [3.8, 4) is 11.4 Å². The second-order valence-corrected chi connectivity index (χ2v) is 11.0. The van der Waals surface area contributed by atoms with Gasteiger partial charge in [0.1, 0.15) is 5.75 Å². The number of halogens is 4. The fraction of sp³-hybridized carbons (Fsp3) is 0.276. The third-order valence-electron chi connectivity index (χ3n) is 5.90. The van der Waals surface area contributed by atoms with Gasteiger partial charge in [-0.15, -0.1) is 13.2 Å².